The third-order valence-electron chi connectivity index (χ3n) is 2.58. The highest BCUT2D eigenvalue weighted by Crippen LogP contribution is 2.21. The first kappa shape index (κ1) is 16.3. The number of nitro groups is 1. The lowest BCUT2D eigenvalue weighted by atomic mass is 10.1. The lowest BCUT2D eigenvalue weighted by Crippen LogP contribution is -2.41. The summed E-state index contributed by atoms with van der Waals surface area (Å²) in [6, 6.07) is 3.57. The largest absolute Gasteiger partial charge is 0.480 e. The molecule has 108 valence electrons. The van der Waals surface area contributed by atoms with Gasteiger partial charge in [-0.1, -0.05) is 0 Å². The Morgan fingerprint density at radius 1 is 1.45 bits per heavy atom. The van der Waals surface area contributed by atoms with Crippen molar-refractivity contribution >= 4 is 40.2 Å². The molecule has 0 aliphatic carbocycles. The first-order valence-electron chi connectivity index (χ1n) is 5.70. The second-order valence-corrected chi connectivity index (χ2v) is 5.50. The summed E-state index contributed by atoms with van der Waals surface area (Å²) in [5.41, 5.74) is 0.145. The number of halogens is 1. The lowest BCUT2D eigenvalue weighted by molar-refractivity contribution is -0.384. The summed E-state index contributed by atoms with van der Waals surface area (Å²) < 4.78 is 0.415. The maximum Gasteiger partial charge on any atom is 0.323 e. The molecule has 0 aliphatic rings. The monoisotopic (exact) mass is 392 g/mol. The molecule has 1 aromatic rings. The van der Waals surface area contributed by atoms with Crippen molar-refractivity contribution in [2.75, 3.05) is 6.54 Å². The van der Waals surface area contributed by atoms with Crippen LogP contribution in [0, 0.1) is 13.7 Å². The highest BCUT2D eigenvalue weighted by Gasteiger charge is 2.24. The molecule has 1 rings (SSSR count). The summed E-state index contributed by atoms with van der Waals surface area (Å²) in [6.45, 7) is 3.00. The van der Waals surface area contributed by atoms with Gasteiger partial charge in [0, 0.05) is 21.7 Å². The van der Waals surface area contributed by atoms with Crippen molar-refractivity contribution in [2.24, 2.45) is 0 Å². The number of benzene rings is 1. The van der Waals surface area contributed by atoms with Crippen molar-refractivity contribution in [2.45, 2.75) is 19.9 Å². The molecule has 0 aromatic heterocycles. The minimum Gasteiger partial charge on any atom is -0.480 e. The number of aliphatic carboxylic acids is 1. The number of carboxylic acids is 1. The Morgan fingerprint density at radius 2 is 2.05 bits per heavy atom. The van der Waals surface area contributed by atoms with Crippen LogP contribution in [0.15, 0.2) is 18.2 Å². The van der Waals surface area contributed by atoms with Crippen LogP contribution >= 0.6 is 22.6 Å². The predicted octanol–water partition coefficient (Wildman–Crippen LogP) is 2.13. The third kappa shape index (κ3) is 3.89. The summed E-state index contributed by atoms with van der Waals surface area (Å²) >= 11 is 1.83. The van der Waals surface area contributed by atoms with Crippen LogP contribution < -0.4 is 0 Å². The van der Waals surface area contributed by atoms with Gasteiger partial charge in [-0.15, -0.1) is 0 Å². The minimum absolute atomic E-state index is 0.111. The number of non-ortho nitro benzene ring substituents is 1. The van der Waals surface area contributed by atoms with Crippen LogP contribution in [-0.2, 0) is 4.79 Å². The molecule has 0 atom stereocenters. The number of hydrogen-bond acceptors (Lipinski definition) is 4. The van der Waals surface area contributed by atoms with Gasteiger partial charge in [-0.25, -0.2) is 0 Å². The average Bonchev–Trinajstić information content (AvgIpc) is 2.34. The van der Waals surface area contributed by atoms with Gasteiger partial charge in [0.15, 0.2) is 0 Å². The van der Waals surface area contributed by atoms with Gasteiger partial charge in [-0.3, -0.25) is 19.7 Å². The zero-order valence-corrected chi connectivity index (χ0v) is 13.0. The standard InChI is InChI=1S/C12H13IN2O5/c1-7(2)14(6-11(16)17)12(18)9-4-3-8(15(19)20)5-10(9)13/h3-5,7H,6H2,1-2H3,(H,16,17). The van der Waals surface area contributed by atoms with Crippen molar-refractivity contribution in [3.63, 3.8) is 0 Å². The number of carboxylic acid groups (broad SMARTS) is 1. The van der Waals surface area contributed by atoms with Crippen LogP contribution in [0.25, 0.3) is 0 Å². The van der Waals surface area contributed by atoms with Gasteiger partial charge in [0.25, 0.3) is 11.6 Å². The van der Waals surface area contributed by atoms with E-state index in [9.17, 15) is 19.7 Å². The quantitative estimate of drug-likeness (QED) is 0.470. The van der Waals surface area contributed by atoms with Crippen LogP contribution in [0.1, 0.15) is 24.2 Å². The van der Waals surface area contributed by atoms with Crippen LogP contribution in [0.5, 0.6) is 0 Å². The van der Waals surface area contributed by atoms with E-state index >= 15 is 0 Å². The maximum absolute atomic E-state index is 12.3. The molecule has 0 heterocycles. The molecule has 1 aromatic carbocycles. The van der Waals surface area contributed by atoms with Gasteiger partial charge in [-0.05, 0) is 42.5 Å². The molecule has 7 nitrogen and oxygen atoms in total. The highest BCUT2D eigenvalue weighted by atomic mass is 127. The Morgan fingerprint density at radius 3 is 2.45 bits per heavy atom. The number of carbonyl (C=O) groups excluding carboxylic acids is 1. The maximum atomic E-state index is 12.3. The Hall–Kier alpha value is -1.71. The fraction of sp³-hybridized carbons (Fsp3) is 0.333. The summed E-state index contributed by atoms with van der Waals surface area (Å²) in [4.78, 5) is 34.4. The van der Waals surface area contributed by atoms with Gasteiger partial charge in [0.2, 0.25) is 0 Å². The SMILES string of the molecule is CC(C)N(CC(=O)O)C(=O)c1ccc([N+](=O)[O-])cc1I. The molecule has 0 fully saturated rings. The first-order valence-corrected chi connectivity index (χ1v) is 6.78. The van der Waals surface area contributed by atoms with Crippen LogP contribution in [0.2, 0.25) is 0 Å². The molecular weight excluding hydrogens is 379 g/mol. The van der Waals surface area contributed by atoms with Crippen LogP contribution in [-0.4, -0.2) is 39.4 Å². The van der Waals surface area contributed by atoms with Gasteiger partial charge in [0.05, 0.1) is 10.5 Å². The predicted molar refractivity (Wildman–Crippen MR) is 79.6 cm³/mol. The molecular formula is C12H13IN2O5. The molecule has 1 N–H and O–H groups in total. The summed E-state index contributed by atoms with van der Waals surface area (Å²) in [7, 11) is 0. The molecule has 0 bridgehead atoms. The molecule has 1 amide bonds. The number of rotatable bonds is 5. The van der Waals surface area contributed by atoms with Gasteiger partial charge in [0.1, 0.15) is 6.54 Å². The Bertz CT molecular complexity index is 559. The number of amides is 1. The normalized spacial score (nSPS) is 10.4. The molecule has 0 spiro atoms. The Kier molecular flexibility index (Phi) is 5.43. The molecule has 8 heteroatoms. The second kappa shape index (κ2) is 6.64. The second-order valence-electron chi connectivity index (χ2n) is 4.34. The zero-order chi connectivity index (χ0) is 15.4. The van der Waals surface area contributed by atoms with Crippen molar-refractivity contribution in [3.05, 3.63) is 37.4 Å². The third-order valence-corrected chi connectivity index (χ3v) is 3.48. The van der Waals surface area contributed by atoms with E-state index in [2.05, 4.69) is 0 Å². The molecule has 0 radical (unpaired) electrons. The topological polar surface area (TPSA) is 101 Å². The van der Waals surface area contributed by atoms with E-state index in [0.717, 1.165) is 0 Å². The van der Waals surface area contributed by atoms with E-state index < -0.39 is 23.3 Å². The fourth-order valence-corrected chi connectivity index (χ4v) is 2.31. The average molecular weight is 392 g/mol. The molecule has 20 heavy (non-hydrogen) atoms. The van der Waals surface area contributed by atoms with Gasteiger partial charge >= 0.3 is 5.97 Å². The summed E-state index contributed by atoms with van der Waals surface area (Å²) in [6.07, 6.45) is 0. The molecule has 0 saturated heterocycles. The van der Waals surface area contributed by atoms with E-state index in [0.29, 0.717) is 3.57 Å². The Balaban J connectivity index is 3.12. The first-order chi connectivity index (χ1) is 9.23. The van der Waals surface area contributed by atoms with Gasteiger partial charge < -0.3 is 10.0 Å². The van der Waals surface area contributed by atoms with E-state index in [1.165, 1.54) is 23.1 Å². The fourth-order valence-electron chi connectivity index (χ4n) is 1.58. The molecule has 0 aliphatic heterocycles. The van der Waals surface area contributed by atoms with E-state index in [-0.39, 0.29) is 17.3 Å². The molecule has 0 unspecified atom stereocenters. The number of carbonyl (C=O) groups is 2. The van der Waals surface area contributed by atoms with E-state index in [1.807, 2.05) is 22.6 Å². The summed E-state index contributed by atoms with van der Waals surface area (Å²) in [5, 5.41) is 19.5. The molecule has 0 saturated carbocycles. The van der Waals surface area contributed by atoms with Crippen molar-refractivity contribution in [1.29, 1.82) is 0 Å². The van der Waals surface area contributed by atoms with Gasteiger partial charge in [-0.2, -0.15) is 0 Å². The number of hydrogen-bond donors (Lipinski definition) is 1. The zero-order valence-electron chi connectivity index (χ0n) is 10.9. The summed E-state index contributed by atoms with van der Waals surface area (Å²) in [5.74, 6) is -1.56. The van der Waals surface area contributed by atoms with Crippen LogP contribution in [0.4, 0.5) is 5.69 Å². The highest BCUT2D eigenvalue weighted by molar-refractivity contribution is 14.1. The van der Waals surface area contributed by atoms with Crippen molar-refractivity contribution in [3.8, 4) is 0 Å². The minimum atomic E-state index is -1.11. The van der Waals surface area contributed by atoms with Crippen molar-refractivity contribution < 1.29 is 19.6 Å². The van der Waals surface area contributed by atoms with Crippen molar-refractivity contribution in [1.82, 2.24) is 4.90 Å². The smallest absolute Gasteiger partial charge is 0.323 e. The number of nitrogens with zero attached hydrogens (tertiary/aromatic N) is 2. The van der Waals surface area contributed by atoms with Crippen LogP contribution in [0.3, 0.4) is 0 Å². The van der Waals surface area contributed by atoms with E-state index in [1.54, 1.807) is 13.8 Å². The Labute approximate surface area is 128 Å². The lowest BCUT2D eigenvalue weighted by Gasteiger charge is -2.25. The van der Waals surface area contributed by atoms with E-state index in [4.69, 9.17) is 5.11 Å². The number of nitro benzene ring substituents is 1.